The van der Waals surface area contributed by atoms with Crippen molar-refractivity contribution < 1.29 is 19.1 Å². The maximum atomic E-state index is 13.1. The van der Waals surface area contributed by atoms with E-state index in [4.69, 9.17) is 9.47 Å². The van der Waals surface area contributed by atoms with Gasteiger partial charge in [-0.1, -0.05) is 44.2 Å². The van der Waals surface area contributed by atoms with Gasteiger partial charge in [0.25, 0.3) is 5.91 Å². The van der Waals surface area contributed by atoms with Crippen LogP contribution in [0.3, 0.4) is 0 Å². The van der Waals surface area contributed by atoms with Crippen LogP contribution >= 0.6 is 0 Å². The normalized spacial score (nSPS) is 12.5. The van der Waals surface area contributed by atoms with Gasteiger partial charge in [0.15, 0.2) is 6.61 Å². The van der Waals surface area contributed by atoms with E-state index < -0.39 is 6.04 Å². The van der Waals surface area contributed by atoms with Gasteiger partial charge in [0.05, 0.1) is 7.11 Å². The lowest BCUT2D eigenvalue weighted by Crippen LogP contribution is -2.51. The number of carbonyl (C=O) groups excluding carboxylic acids is 2. The third kappa shape index (κ3) is 6.79. The van der Waals surface area contributed by atoms with Crippen LogP contribution in [-0.4, -0.2) is 42.5 Å². The summed E-state index contributed by atoms with van der Waals surface area (Å²) >= 11 is 0. The Morgan fingerprint density at radius 2 is 1.70 bits per heavy atom. The molecule has 0 heterocycles. The standard InChI is InChI=1S/C24H32N2O4/c1-5-18(3)25-24(28)22(6-2)26(16-19-11-10-14-21(15-19)29-4)23(27)17-30-20-12-8-7-9-13-20/h7-15,18,22H,5-6,16-17H2,1-4H3,(H,25,28)/t18-,22+/m0/s1. The van der Waals surface area contributed by atoms with Crippen molar-refractivity contribution in [2.45, 2.75) is 52.2 Å². The van der Waals surface area contributed by atoms with Crippen molar-refractivity contribution in [2.75, 3.05) is 13.7 Å². The van der Waals surface area contributed by atoms with Crippen LogP contribution in [0.2, 0.25) is 0 Å². The number of ether oxygens (including phenoxy) is 2. The minimum Gasteiger partial charge on any atom is -0.497 e. The number of hydrogen-bond donors (Lipinski definition) is 1. The molecule has 0 unspecified atom stereocenters. The molecule has 6 nitrogen and oxygen atoms in total. The molecule has 0 aliphatic heterocycles. The molecule has 2 aromatic rings. The van der Waals surface area contributed by atoms with Crippen LogP contribution < -0.4 is 14.8 Å². The van der Waals surface area contributed by atoms with Gasteiger partial charge in [-0.05, 0) is 49.6 Å². The third-order valence-corrected chi connectivity index (χ3v) is 4.98. The minimum atomic E-state index is -0.586. The third-order valence-electron chi connectivity index (χ3n) is 4.98. The van der Waals surface area contributed by atoms with E-state index in [1.165, 1.54) is 0 Å². The molecule has 2 amide bonds. The van der Waals surface area contributed by atoms with Crippen LogP contribution in [0.15, 0.2) is 54.6 Å². The molecule has 0 fully saturated rings. The van der Waals surface area contributed by atoms with Crippen LogP contribution in [0.25, 0.3) is 0 Å². The molecule has 0 bridgehead atoms. The van der Waals surface area contributed by atoms with Crippen LogP contribution in [0.4, 0.5) is 0 Å². The van der Waals surface area contributed by atoms with Gasteiger partial charge in [-0.3, -0.25) is 9.59 Å². The van der Waals surface area contributed by atoms with Gasteiger partial charge < -0.3 is 19.7 Å². The summed E-state index contributed by atoms with van der Waals surface area (Å²) in [6.07, 6.45) is 1.33. The monoisotopic (exact) mass is 412 g/mol. The summed E-state index contributed by atoms with van der Waals surface area (Å²) < 4.78 is 11.0. The molecular weight excluding hydrogens is 380 g/mol. The summed E-state index contributed by atoms with van der Waals surface area (Å²) in [5, 5.41) is 3.00. The Balaban J connectivity index is 2.22. The second-order valence-electron chi connectivity index (χ2n) is 7.22. The molecule has 162 valence electrons. The van der Waals surface area contributed by atoms with Crippen LogP contribution in [-0.2, 0) is 16.1 Å². The van der Waals surface area contributed by atoms with Gasteiger partial charge in [-0.15, -0.1) is 0 Å². The first-order chi connectivity index (χ1) is 14.5. The molecule has 1 N–H and O–H groups in total. The van der Waals surface area contributed by atoms with Crippen molar-refractivity contribution in [1.29, 1.82) is 0 Å². The number of para-hydroxylation sites is 1. The Kier molecular flexibility index (Phi) is 9.19. The number of benzene rings is 2. The number of carbonyl (C=O) groups is 2. The second-order valence-corrected chi connectivity index (χ2v) is 7.22. The van der Waals surface area contributed by atoms with Gasteiger partial charge in [0.1, 0.15) is 17.5 Å². The fourth-order valence-electron chi connectivity index (χ4n) is 3.07. The Labute approximate surface area is 179 Å². The van der Waals surface area contributed by atoms with Gasteiger partial charge in [0.2, 0.25) is 5.91 Å². The first-order valence-electron chi connectivity index (χ1n) is 10.4. The molecule has 0 aromatic heterocycles. The zero-order valence-corrected chi connectivity index (χ0v) is 18.3. The van der Waals surface area contributed by atoms with E-state index in [-0.39, 0.29) is 24.5 Å². The number of nitrogens with one attached hydrogen (secondary N) is 1. The van der Waals surface area contributed by atoms with Crippen molar-refractivity contribution in [3.8, 4) is 11.5 Å². The van der Waals surface area contributed by atoms with E-state index in [0.29, 0.717) is 24.5 Å². The Bertz CT molecular complexity index is 810. The quantitative estimate of drug-likeness (QED) is 0.610. The highest BCUT2D eigenvalue weighted by Gasteiger charge is 2.29. The highest BCUT2D eigenvalue weighted by Crippen LogP contribution is 2.18. The lowest BCUT2D eigenvalue weighted by atomic mass is 10.1. The summed E-state index contributed by atoms with van der Waals surface area (Å²) in [4.78, 5) is 27.6. The molecule has 0 aliphatic carbocycles. The van der Waals surface area contributed by atoms with Crippen LogP contribution in [0.5, 0.6) is 11.5 Å². The van der Waals surface area contributed by atoms with E-state index in [2.05, 4.69) is 5.32 Å². The van der Waals surface area contributed by atoms with Crippen LogP contribution in [0, 0.1) is 0 Å². The summed E-state index contributed by atoms with van der Waals surface area (Å²) in [5.41, 5.74) is 0.886. The Morgan fingerprint density at radius 1 is 1.00 bits per heavy atom. The topological polar surface area (TPSA) is 67.9 Å². The molecule has 2 atom stereocenters. The largest absolute Gasteiger partial charge is 0.497 e. The molecule has 30 heavy (non-hydrogen) atoms. The van der Waals surface area contributed by atoms with Gasteiger partial charge in [-0.2, -0.15) is 0 Å². The highest BCUT2D eigenvalue weighted by atomic mass is 16.5. The summed E-state index contributed by atoms with van der Waals surface area (Å²) in [6, 6.07) is 16.1. The number of hydrogen-bond acceptors (Lipinski definition) is 4. The van der Waals surface area contributed by atoms with Crippen molar-refractivity contribution in [3.05, 3.63) is 60.2 Å². The predicted molar refractivity (Wildman–Crippen MR) is 117 cm³/mol. The molecule has 2 aromatic carbocycles. The zero-order valence-electron chi connectivity index (χ0n) is 18.3. The van der Waals surface area contributed by atoms with Crippen molar-refractivity contribution in [1.82, 2.24) is 10.2 Å². The molecule has 2 rings (SSSR count). The SMILES string of the molecule is CC[C@H](C(=O)N[C@@H](C)CC)N(Cc1cccc(OC)c1)C(=O)COc1ccccc1. The summed E-state index contributed by atoms with van der Waals surface area (Å²) in [5.74, 6) is 0.928. The van der Waals surface area contributed by atoms with E-state index >= 15 is 0 Å². The van der Waals surface area contributed by atoms with E-state index in [0.717, 1.165) is 12.0 Å². The Morgan fingerprint density at radius 3 is 2.33 bits per heavy atom. The van der Waals surface area contributed by atoms with Crippen molar-refractivity contribution >= 4 is 11.8 Å². The first-order valence-corrected chi connectivity index (χ1v) is 10.4. The van der Waals surface area contributed by atoms with Gasteiger partial charge >= 0.3 is 0 Å². The maximum absolute atomic E-state index is 13.1. The number of amides is 2. The fourth-order valence-corrected chi connectivity index (χ4v) is 3.07. The molecular formula is C24H32N2O4. The molecule has 6 heteroatoms. The van der Waals surface area contributed by atoms with E-state index in [9.17, 15) is 9.59 Å². The van der Waals surface area contributed by atoms with Gasteiger partial charge in [-0.25, -0.2) is 0 Å². The highest BCUT2D eigenvalue weighted by molar-refractivity contribution is 5.88. The fraction of sp³-hybridized carbons (Fsp3) is 0.417. The number of nitrogens with zero attached hydrogens (tertiary/aromatic N) is 1. The van der Waals surface area contributed by atoms with Crippen molar-refractivity contribution in [2.24, 2.45) is 0 Å². The average molecular weight is 413 g/mol. The molecule has 0 spiro atoms. The zero-order chi connectivity index (χ0) is 21.9. The van der Waals surface area contributed by atoms with E-state index in [1.807, 2.05) is 63.2 Å². The average Bonchev–Trinajstić information content (AvgIpc) is 2.78. The molecule has 0 saturated carbocycles. The molecule has 0 saturated heterocycles. The Hall–Kier alpha value is -3.02. The summed E-state index contributed by atoms with van der Waals surface area (Å²) in [7, 11) is 1.60. The minimum absolute atomic E-state index is 0.0425. The van der Waals surface area contributed by atoms with Gasteiger partial charge in [0, 0.05) is 12.6 Å². The van der Waals surface area contributed by atoms with E-state index in [1.54, 1.807) is 24.1 Å². The lowest BCUT2D eigenvalue weighted by molar-refractivity contribution is -0.143. The van der Waals surface area contributed by atoms with Crippen molar-refractivity contribution in [3.63, 3.8) is 0 Å². The number of rotatable bonds is 11. The lowest BCUT2D eigenvalue weighted by Gasteiger charge is -2.31. The van der Waals surface area contributed by atoms with Crippen LogP contribution in [0.1, 0.15) is 39.2 Å². The first kappa shape index (κ1) is 23.3. The smallest absolute Gasteiger partial charge is 0.261 e. The summed E-state index contributed by atoms with van der Waals surface area (Å²) in [6.45, 7) is 6.03. The predicted octanol–water partition coefficient (Wildman–Crippen LogP) is 3.80. The molecule has 0 radical (unpaired) electrons. The maximum Gasteiger partial charge on any atom is 0.261 e. The number of methoxy groups -OCH3 is 1. The molecule has 0 aliphatic rings. The second kappa shape index (κ2) is 11.9.